The fourth-order valence-electron chi connectivity index (χ4n) is 8.39. The van der Waals surface area contributed by atoms with E-state index in [9.17, 15) is 24.0 Å². The highest BCUT2D eigenvalue weighted by Gasteiger charge is 2.69. The molecule has 2 aliphatic carbocycles. The van der Waals surface area contributed by atoms with Gasteiger partial charge in [-0.15, -0.1) is 11.8 Å². The predicted molar refractivity (Wildman–Crippen MR) is 185 cm³/mol. The predicted octanol–water partition coefficient (Wildman–Crippen LogP) is 5.62. The van der Waals surface area contributed by atoms with Crippen molar-refractivity contribution in [2.75, 3.05) is 23.4 Å². The fourth-order valence-corrected chi connectivity index (χ4v) is 11.3. The molecule has 10 nitrogen and oxygen atoms in total. The number of aryl methyl sites for hydroxylation is 1. The molecule has 1 saturated heterocycles. The molecule has 2 saturated carbocycles. The highest BCUT2D eigenvalue weighted by atomic mass is 32.2. The lowest BCUT2D eigenvalue weighted by atomic mass is 9.68. The average Bonchev–Trinajstić information content (AvgIpc) is 3.84. The number of carbonyl (C=O) groups excluding carboxylic acids is 4. The zero-order chi connectivity index (χ0) is 34.0. The molecular formula is C37H33N3O7S2. The number of thioether (sulfide) groups is 1. The molecular weight excluding hydrogens is 663 g/mol. The number of ether oxygens (including phenoxy) is 2. The zero-order valence-corrected chi connectivity index (χ0v) is 28.3. The Hall–Kier alpha value is -4.68. The molecule has 0 radical (unpaired) electrons. The van der Waals surface area contributed by atoms with E-state index >= 15 is 0 Å². The van der Waals surface area contributed by atoms with E-state index < -0.39 is 17.8 Å². The van der Waals surface area contributed by atoms with Crippen molar-refractivity contribution in [3.8, 4) is 5.75 Å². The number of hydrogen-bond donors (Lipinski definition) is 2. The number of carbonyl (C=O) groups is 4. The smallest absolute Gasteiger partial charge is 0.338 e. The summed E-state index contributed by atoms with van der Waals surface area (Å²) in [7, 11) is 0. The van der Waals surface area contributed by atoms with E-state index in [2.05, 4.69) is 10.3 Å². The quantitative estimate of drug-likeness (QED) is 0.179. The van der Waals surface area contributed by atoms with E-state index in [0.29, 0.717) is 22.7 Å². The summed E-state index contributed by atoms with van der Waals surface area (Å²) in [4.78, 5) is 70.8. The number of benzene rings is 3. The van der Waals surface area contributed by atoms with Gasteiger partial charge in [-0.3, -0.25) is 24.1 Å². The Bertz CT molecular complexity index is 2040. The van der Waals surface area contributed by atoms with Crippen LogP contribution in [0.1, 0.15) is 45.6 Å². The normalized spacial score (nSPS) is 26.2. The Morgan fingerprint density at radius 1 is 0.959 bits per heavy atom. The molecule has 3 fully saturated rings. The van der Waals surface area contributed by atoms with E-state index in [-0.39, 0.29) is 64.7 Å². The van der Waals surface area contributed by atoms with Crippen molar-refractivity contribution in [3.63, 3.8) is 0 Å². The molecule has 2 N–H and O–H groups in total. The molecule has 6 unspecified atom stereocenters. The first-order chi connectivity index (χ1) is 23.7. The second-order valence-corrected chi connectivity index (χ2v) is 15.2. The average molecular weight is 696 g/mol. The van der Waals surface area contributed by atoms with E-state index in [1.54, 1.807) is 49.0 Å². The first-order valence-electron chi connectivity index (χ1n) is 16.4. The Labute approximate surface area is 290 Å². The van der Waals surface area contributed by atoms with Crippen molar-refractivity contribution in [2.45, 2.75) is 36.5 Å². The Morgan fingerprint density at radius 3 is 2.43 bits per heavy atom. The van der Waals surface area contributed by atoms with Crippen LogP contribution in [0.5, 0.6) is 5.75 Å². The van der Waals surface area contributed by atoms with Crippen LogP contribution in [-0.4, -0.2) is 47.1 Å². The minimum absolute atomic E-state index is 0.0122. The first-order valence-corrected chi connectivity index (χ1v) is 18.1. The van der Waals surface area contributed by atoms with E-state index in [4.69, 9.17) is 9.47 Å². The number of aromatic amines is 1. The summed E-state index contributed by atoms with van der Waals surface area (Å²) in [6.45, 7) is 3.79. The second kappa shape index (κ2) is 12.3. The van der Waals surface area contributed by atoms with Gasteiger partial charge in [0.2, 0.25) is 11.8 Å². The van der Waals surface area contributed by atoms with Crippen molar-refractivity contribution < 1.29 is 28.7 Å². The van der Waals surface area contributed by atoms with Crippen LogP contribution >= 0.6 is 23.1 Å². The summed E-state index contributed by atoms with van der Waals surface area (Å²) in [5.74, 6) is -1.80. The lowest BCUT2D eigenvalue weighted by molar-refractivity contribution is -0.123. The Kier molecular flexibility index (Phi) is 7.95. The third-order valence-electron chi connectivity index (χ3n) is 10.3. The molecule has 3 aromatic carbocycles. The molecule has 49 heavy (non-hydrogen) atoms. The van der Waals surface area contributed by atoms with Gasteiger partial charge in [0.15, 0.2) is 6.61 Å². The summed E-state index contributed by atoms with van der Waals surface area (Å²) >= 11 is 2.82. The number of esters is 1. The number of nitrogens with one attached hydrogen (secondary N) is 2. The largest absolute Gasteiger partial charge is 0.484 e. The summed E-state index contributed by atoms with van der Waals surface area (Å²) < 4.78 is 11.0. The van der Waals surface area contributed by atoms with Crippen molar-refractivity contribution in [1.29, 1.82) is 0 Å². The minimum Gasteiger partial charge on any atom is -0.484 e. The summed E-state index contributed by atoms with van der Waals surface area (Å²) in [5, 5.41) is 3.70. The molecule has 4 aliphatic rings. The lowest BCUT2D eigenvalue weighted by Gasteiger charge is -2.43. The number of hydrogen-bond acceptors (Lipinski definition) is 9. The molecule has 4 aromatic rings. The molecule has 8 rings (SSSR count). The molecule has 3 amide bonds. The van der Waals surface area contributed by atoms with Crippen LogP contribution in [0.4, 0.5) is 11.4 Å². The van der Waals surface area contributed by atoms with Gasteiger partial charge in [0.1, 0.15) is 5.75 Å². The van der Waals surface area contributed by atoms with Gasteiger partial charge in [-0.2, -0.15) is 0 Å². The van der Waals surface area contributed by atoms with Gasteiger partial charge in [-0.05, 0) is 92.1 Å². The molecule has 3 heterocycles. The van der Waals surface area contributed by atoms with Crippen molar-refractivity contribution in [2.24, 2.45) is 29.6 Å². The molecule has 12 heteroatoms. The van der Waals surface area contributed by atoms with Crippen LogP contribution in [0.2, 0.25) is 0 Å². The number of imide groups is 1. The Balaban J connectivity index is 1.06. The van der Waals surface area contributed by atoms with E-state index in [0.717, 1.165) is 27.5 Å². The van der Waals surface area contributed by atoms with Gasteiger partial charge in [-0.1, -0.05) is 41.2 Å². The van der Waals surface area contributed by atoms with Gasteiger partial charge >= 0.3 is 10.8 Å². The maximum atomic E-state index is 14.1. The third kappa shape index (κ3) is 5.37. The summed E-state index contributed by atoms with van der Waals surface area (Å²) in [6, 6.07) is 21.6. The van der Waals surface area contributed by atoms with Crippen LogP contribution in [0.3, 0.4) is 0 Å². The fraction of sp³-hybridized carbons (Fsp3) is 0.324. The number of anilines is 2. The molecule has 0 spiro atoms. The van der Waals surface area contributed by atoms with E-state index in [1.807, 2.05) is 49.4 Å². The van der Waals surface area contributed by atoms with Gasteiger partial charge in [0.25, 0.3) is 5.91 Å². The topological polar surface area (TPSA) is 135 Å². The standard InChI is InChI=1S/C37H33N3O7S2/c1-3-46-36(44)19-9-13-22(14-10-19)40-34(42)29-24-16-25(30(29)35(40)43)31-28(24)27(32-33(48-31)39-37(45)49-32)20-5-4-6-23(15-20)47-17-26(41)38-21-11-7-18(2)8-12-21/h4-15,24-25,27-31H,3,16-17H2,1-2H3,(H,38,41)(H,39,45)/t24?,25?,27-,28?,29?,30?,31?/m1/s1. The van der Waals surface area contributed by atoms with E-state index in [1.165, 1.54) is 16.2 Å². The minimum atomic E-state index is -0.464. The number of thiazole rings is 1. The van der Waals surface area contributed by atoms with Gasteiger partial charge in [0.05, 0.1) is 34.7 Å². The number of amides is 3. The molecule has 7 atom stereocenters. The zero-order valence-electron chi connectivity index (χ0n) is 26.7. The van der Waals surface area contributed by atoms with Crippen LogP contribution in [0, 0.1) is 36.5 Å². The number of nitrogens with zero attached hydrogens (tertiary/aromatic N) is 1. The number of fused-ring (bicyclic) bond motifs is 9. The first kappa shape index (κ1) is 31.6. The van der Waals surface area contributed by atoms with Crippen molar-refractivity contribution in [1.82, 2.24) is 4.98 Å². The third-order valence-corrected chi connectivity index (χ3v) is 12.9. The van der Waals surface area contributed by atoms with Gasteiger partial charge in [-0.25, -0.2) is 4.79 Å². The Morgan fingerprint density at radius 2 is 1.69 bits per heavy atom. The van der Waals surface area contributed by atoms with Crippen LogP contribution < -0.4 is 19.8 Å². The lowest BCUT2D eigenvalue weighted by Crippen LogP contribution is -2.42. The highest BCUT2D eigenvalue weighted by Crippen LogP contribution is 2.68. The summed E-state index contributed by atoms with van der Waals surface area (Å²) in [6.07, 6.45) is 0.760. The second-order valence-electron chi connectivity index (χ2n) is 13.0. The van der Waals surface area contributed by atoms with Crippen LogP contribution in [-0.2, 0) is 19.1 Å². The monoisotopic (exact) mass is 695 g/mol. The van der Waals surface area contributed by atoms with Crippen LogP contribution in [0.25, 0.3) is 0 Å². The molecule has 2 bridgehead atoms. The summed E-state index contributed by atoms with van der Waals surface area (Å²) in [5.41, 5.74) is 3.53. The maximum Gasteiger partial charge on any atom is 0.338 e. The molecule has 2 aliphatic heterocycles. The number of aromatic nitrogens is 1. The highest BCUT2D eigenvalue weighted by molar-refractivity contribution is 8.00. The SMILES string of the molecule is CCOC(=O)c1ccc(N2C(=O)C3C4CC(C3C2=O)C2C4Sc3[nH]c(=O)sc3[C@@H]2c2cccc(OCC(=O)Nc3ccc(C)cc3)c2)cc1. The van der Waals surface area contributed by atoms with Crippen LogP contribution in [0.15, 0.2) is 82.6 Å². The van der Waals surface area contributed by atoms with Crippen molar-refractivity contribution in [3.05, 3.63) is 104 Å². The molecule has 250 valence electrons. The van der Waals surface area contributed by atoms with Crippen molar-refractivity contribution >= 4 is 58.2 Å². The maximum absolute atomic E-state index is 14.1. The number of H-pyrrole nitrogens is 1. The molecule has 1 aromatic heterocycles. The number of rotatable bonds is 8. The van der Waals surface area contributed by atoms with Gasteiger partial charge in [0, 0.05) is 21.7 Å². The van der Waals surface area contributed by atoms with Gasteiger partial charge < -0.3 is 19.8 Å².